The average molecular weight is 287 g/mol. The lowest BCUT2D eigenvalue weighted by molar-refractivity contribution is 0.0784. The van der Waals surface area contributed by atoms with E-state index in [2.05, 4.69) is 11.8 Å². The molecule has 1 aliphatic heterocycles. The van der Waals surface area contributed by atoms with Crippen molar-refractivity contribution < 1.29 is 15.0 Å². The Morgan fingerprint density at radius 1 is 1.43 bits per heavy atom. The molecule has 21 heavy (non-hydrogen) atoms. The fourth-order valence-electron chi connectivity index (χ4n) is 2.74. The van der Waals surface area contributed by atoms with Crippen molar-refractivity contribution in [2.45, 2.75) is 19.8 Å². The second-order valence-corrected chi connectivity index (χ2v) is 5.36. The number of amides is 1. The number of carbonyl (C=O) groups excluding carboxylic acids is 1. The highest BCUT2D eigenvalue weighted by molar-refractivity contribution is 5.96. The predicted molar refractivity (Wildman–Crippen MR) is 80.9 cm³/mol. The first-order valence-electron chi connectivity index (χ1n) is 7.26. The van der Waals surface area contributed by atoms with Crippen LogP contribution in [0.25, 0.3) is 0 Å². The first-order chi connectivity index (χ1) is 10.2. The van der Waals surface area contributed by atoms with Crippen LogP contribution in [0.1, 0.15) is 34.3 Å². The summed E-state index contributed by atoms with van der Waals surface area (Å²) in [5.41, 5.74) is 2.31. The van der Waals surface area contributed by atoms with Crippen LogP contribution < -0.4 is 0 Å². The van der Waals surface area contributed by atoms with Crippen molar-refractivity contribution >= 4 is 5.91 Å². The van der Waals surface area contributed by atoms with E-state index in [4.69, 9.17) is 10.2 Å². The first-order valence-corrected chi connectivity index (χ1v) is 7.26. The molecule has 0 aromatic heterocycles. The van der Waals surface area contributed by atoms with Gasteiger partial charge in [-0.15, -0.1) is 0 Å². The van der Waals surface area contributed by atoms with Crippen LogP contribution in [0, 0.1) is 24.7 Å². The number of hydrogen-bond donors (Lipinski definition) is 2. The number of hydrogen-bond acceptors (Lipinski definition) is 3. The van der Waals surface area contributed by atoms with Gasteiger partial charge in [0.25, 0.3) is 5.91 Å². The third-order valence-electron chi connectivity index (χ3n) is 3.98. The molecule has 0 bridgehead atoms. The minimum atomic E-state index is -0.188. The van der Waals surface area contributed by atoms with Crippen molar-refractivity contribution in [1.82, 2.24) is 4.90 Å². The number of aliphatic hydroxyl groups excluding tert-OH is 2. The lowest BCUT2D eigenvalue weighted by atomic mass is 10.0. The summed E-state index contributed by atoms with van der Waals surface area (Å²) in [7, 11) is 0. The summed E-state index contributed by atoms with van der Waals surface area (Å²) in [6.45, 7) is 3.33. The van der Waals surface area contributed by atoms with Gasteiger partial charge in [-0.2, -0.15) is 0 Å². The summed E-state index contributed by atoms with van der Waals surface area (Å²) in [4.78, 5) is 14.5. The Kier molecular flexibility index (Phi) is 5.38. The average Bonchev–Trinajstić information content (AvgIpc) is 2.94. The Labute approximate surface area is 125 Å². The summed E-state index contributed by atoms with van der Waals surface area (Å²) in [6, 6.07) is 5.50. The molecule has 0 radical (unpaired) electrons. The van der Waals surface area contributed by atoms with Crippen molar-refractivity contribution in [3.63, 3.8) is 0 Å². The highest BCUT2D eigenvalue weighted by atomic mass is 16.3. The number of carbonyl (C=O) groups is 1. The SMILES string of the molecule is Cc1c(C#CCO)cccc1C(=O)N1CCC(CCO)C1. The minimum absolute atomic E-state index is 0.0283. The van der Waals surface area contributed by atoms with Gasteiger partial charge in [0.2, 0.25) is 0 Å². The second-order valence-electron chi connectivity index (χ2n) is 5.36. The van der Waals surface area contributed by atoms with Crippen LogP contribution in [-0.4, -0.2) is 47.3 Å². The molecule has 1 aromatic carbocycles. The second kappa shape index (κ2) is 7.26. The Bertz CT molecular complexity index is 571. The van der Waals surface area contributed by atoms with Gasteiger partial charge in [-0.25, -0.2) is 0 Å². The van der Waals surface area contributed by atoms with E-state index >= 15 is 0 Å². The Morgan fingerprint density at radius 3 is 2.95 bits per heavy atom. The molecular formula is C17H21NO3. The van der Waals surface area contributed by atoms with Gasteiger partial charge in [-0.3, -0.25) is 4.79 Å². The van der Waals surface area contributed by atoms with Crippen molar-refractivity contribution in [3.05, 3.63) is 34.9 Å². The van der Waals surface area contributed by atoms with Crippen molar-refractivity contribution in [1.29, 1.82) is 0 Å². The maximum absolute atomic E-state index is 12.6. The van der Waals surface area contributed by atoms with Crippen LogP contribution in [0.15, 0.2) is 18.2 Å². The number of likely N-dealkylation sites (tertiary alicyclic amines) is 1. The smallest absolute Gasteiger partial charge is 0.254 e. The molecule has 2 rings (SSSR count). The summed E-state index contributed by atoms with van der Waals surface area (Å²) in [5.74, 6) is 5.92. The normalized spacial score (nSPS) is 17.5. The van der Waals surface area contributed by atoms with Gasteiger partial charge in [0.15, 0.2) is 0 Å². The van der Waals surface area contributed by atoms with Crippen LogP contribution in [0.5, 0.6) is 0 Å². The van der Waals surface area contributed by atoms with E-state index in [0.717, 1.165) is 30.5 Å². The zero-order valence-corrected chi connectivity index (χ0v) is 12.3. The first kappa shape index (κ1) is 15.6. The van der Waals surface area contributed by atoms with E-state index in [-0.39, 0.29) is 19.1 Å². The minimum Gasteiger partial charge on any atom is -0.396 e. The molecule has 1 amide bonds. The van der Waals surface area contributed by atoms with Gasteiger partial charge >= 0.3 is 0 Å². The van der Waals surface area contributed by atoms with Gasteiger partial charge < -0.3 is 15.1 Å². The van der Waals surface area contributed by atoms with E-state index in [1.165, 1.54) is 0 Å². The molecule has 4 heteroatoms. The molecule has 1 heterocycles. The van der Waals surface area contributed by atoms with Gasteiger partial charge in [0.05, 0.1) is 0 Å². The molecule has 0 spiro atoms. The molecule has 1 aromatic rings. The summed E-state index contributed by atoms with van der Waals surface area (Å²) in [5, 5.41) is 17.8. The van der Waals surface area contributed by atoms with E-state index < -0.39 is 0 Å². The standard InChI is InChI=1S/C17H21NO3/c1-13-15(5-3-10-19)4-2-6-16(13)17(21)18-9-7-14(12-18)8-11-20/h2,4,6,14,19-20H,7-12H2,1H3. The molecular weight excluding hydrogens is 266 g/mol. The molecule has 1 fully saturated rings. The molecule has 4 nitrogen and oxygen atoms in total. The Balaban J connectivity index is 2.17. The fourth-order valence-corrected chi connectivity index (χ4v) is 2.74. The highest BCUT2D eigenvalue weighted by Gasteiger charge is 2.27. The van der Waals surface area contributed by atoms with Gasteiger partial charge in [0, 0.05) is 30.8 Å². The summed E-state index contributed by atoms with van der Waals surface area (Å²) in [6.07, 6.45) is 1.71. The maximum atomic E-state index is 12.6. The van der Waals surface area contributed by atoms with E-state index in [1.54, 1.807) is 0 Å². The van der Waals surface area contributed by atoms with Crippen LogP contribution in [0.4, 0.5) is 0 Å². The van der Waals surface area contributed by atoms with Crippen molar-refractivity contribution in [2.75, 3.05) is 26.3 Å². The lowest BCUT2D eigenvalue weighted by Gasteiger charge is -2.18. The molecule has 2 N–H and O–H groups in total. The molecule has 1 aliphatic rings. The molecule has 0 aliphatic carbocycles. The van der Waals surface area contributed by atoms with E-state index in [0.29, 0.717) is 18.0 Å². The van der Waals surface area contributed by atoms with Crippen LogP contribution in [0.2, 0.25) is 0 Å². The van der Waals surface area contributed by atoms with Gasteiger partial charge in [-0.05, 0) is 43.4 Å². The van der Waals surface area contributed by atoms with Crippen LogP contribution in [0.3, 0.4) is 0 Å². The topological polar surface area (TPSA) is 60.8 Å². The largest absolute Gasteiger partial charge is 0.396 e. The highest BCUT2D eigenvalue weighted by Crippen LogP contribution is 2.23. The molecule has 1 saturated heterocycles. The quantitative estimate of drug-likeness (QED) is 0.821. The summed E-state index contributed by atoms with van der Waals surface area (Å²) < 4.78 is 0. The number of benzene rings is 1. The van der Waals surface area contributed by atoms with Crippen LogP contribution >= 0.6 is 0 Å². The fraction of sp³-hybridized carbons (Fsp3) is 0.471. The zero-order valence-electron chi connectivity index (χ0n) is 12.3. The van der Waals surface area contributed by atoms with Gasteiger partial charge in [-0.1, -0.05) is 17.9 Å². The van der Waals surface area contributed by atoms with Crippen LogP contribution in [-0.2, 0) is 0 Å². The Hall–Kier alpha value is -1.83. The van der Waals surface area contributed by atoms with E-state index in [1.807, 2.05) is 30.0 Å². The number of nitrogens with zero attached hydrogens (tertiary/aromatic N) is 1. The summed E-state index contributed by atoms with van der Waals surface area (Å²) >= 11 is 0. The monoisotopic (exact) mass is 287 g/mol. The van der Waals surface area contributed by atoms with Gasteiger partial charge in [0.1, 0.15) is 6.61 Å². The molecule has 112 valence electrons. The molecule has 1 unspecified atom stereocenters. The Morgan fingerprint density at radius 2 is 2.24 bits per heavy atom. The third kappa shape index (κ3) is 3.63. The lowest BCUT2D eigenvalue weighted by Crippen LogP contribution is -2.29. The maximum Gasteiger partial charge on any atom is 0.254 e. The number of rotatable bonds is 3. The predicted octanol–water partition coefficient (Wildman–Crippen LogP) is 1.18. The van der Waals surface area contributed by atoms with Crippen molar-refractivity contribution in [2.24, 2.45) is 5.92 Å². The van der Waals surface area contributed by atoms with E-state index in [9.17, 15) is 4.79 Å². The molecule has 1 atom stereocenters. The zero-order chi connectivity index (χ0) is 15.2. The third-order valence-corrected chi connectivity index (χ3v) is 3.98. The number of aliphatic hydroxyl groups is 2. The molecule has 0 saturated carbocycles. The van der Waals surface area contributed by atoms with Crippen molar-refractivity contribution in [3.8, 4) is 11.8 Å².